The highest BCUT2D eigenvalue weighted by molar-refractivity contribution is 6.09. The van der Waals surface area contributed by atoms with Crippen LogP contribution in [0.5, 0.6) is 0 Å². The molecular weight excluding hydrogens is 241 g/mol. The van der Waals surface area contributed by atoms with E-state index in [0.29, 0.717) is 16.2 Å². The van der Waals surface area contributed by atoms with Gasteiger partial charge in [-0.3, -0.25) is 5.41 Å². The Labute approximate surface area is 111 Å². The number of benzene rings is 2. The fourth-order valence-corrected chi connectivity index (χ4v) is 1.67. The van der Waals surface area contributed by atoms with Crippen molar-refractivity contribution in [1.29, 1.82) is 5.41 Å². The van der Waals surface area contributed by atoms with E-state index in [9.17, 15) is 4.48 Å². The zero-order chi connectivity index (χ0) is 13.7. The van der Waals surface area contributed by atoms with Gasteiger partial charge < -0.3 is 0 Å². The summed E-state index contributed by atoms with van der Waals surface area (Å²) in [6.07, 6.45) is 0. The van der Waals surface area contributed by atoms with Gasteiger partial charge >= 0.3 is 0 Å². The maximum absolute atomic E-state index is 13.5. The number of amidine groups is 2. The second kappa shape index (κ2) is 5.91. The van der Waals surface area contributed by atoms with E-state index >= 15 is 0 Å². The second-order valence-corrected chi connectivity index (χ2v) is 3.99. The van der Waals surface area contributed by atoms with E-state index in [0.717, 1.165) is 0 Å². The predicted molar refractivity (Wildman–Crippen MR) is 75.1 cm³/mol. The SMILES string of the molecule is CN(F)/C(=N\C(=N)c1ccccc1)c1ccccc1. The Bertz CT molecular complexity index is 577. The zero-order valence-corrected chi connectivity index (χ0v) is 10.5. The molecule has 2 aromatic rings. The van der Waals surface area contributed by atoms with Gasteiger partial charge in [-0.15, -0.1) is 0 Å². The minimum Gasteiger partial charge on any atom is -0.282 e. The highest BCUT2D eigenvalue weighted by atomic mass is 19.2. The quantitative estimate of drug-likeness (QED) is 0.499. The lowest BCUT2D eigenvalue weighted by atomic mass is 10.2. The summed E-state index contributed by atoms with van der Waals surface area (Å²) in [4.78, 5) is 4.07. The third kappa shape index (κ3) is 3.25. The first kappa shape index (κ1) is 13.0. The largest absolute Gasteiger partial charge is 0.282 e. The summed E-state index contributed by atoms with van der Waals surface area (Å²) in [7, 11) is 1.27. The molecule has 0 fully saturated rings. The number of aliphatic imine (C=N–C) groups is 1. The van der Waals surface area contributed by atoms with Gasteiger partial charge in [0.05, 0.1) is 0 Å². The Hall–Kier alpha value is -2.49. The fourth-order valence-electron chi connectivity index (χ4n) is 1.67. The molecule has 0 radical (unpaired) electrons. The molecule has 0 atom stereocenters. The normalized spacial score (nSPS) is 11.2. The average molecular weight is 255 g/mol. The third-order valence-corrected chi connectivity index (χ3v) is 2.59. The molecule has 0 aliphatic heterocycles. The minimum atomic E-state index is 0.0314. The topological polar surface area (TPSA) is 39.5 Å². The molecule has 0 spiro atoms. The van der Waals surface area contributed by atoms with E-state index in [2.05, 4.69) is 4.99 Å². The molecule has 96 valence electrons. The average Bonchev–Trinajstić information content (AvgIpc) is 2.46. The number of hydrogen-bond acceptors (Lipinski definition) is 1. The van der Waals surface area contributed by atoms with Crippen LogP contribution in [0.4, 0.5) is 4.48 Å². The molecule has 3 nitrogen and oxygen atoms in total. The standard InChI is InChI=1S/C15H14FN3/c1-19(16)15(13-10-6-3-7-11-13)18-14(17)12-8-4-2-5-9-12/h2-11,17H,1H3/b17-14?,18-15-. The molecule has 0 aliphatic carbocycles. The third-order valence-electron chi connectivity index (χ3n) is 2.59. The van der Waals surface area contributed by atoms with Gasteiger partial charge in [-0.2, -0.15) is 5.12 Å². The van der Waals surface area contributed by atoms with Crippen LogP contribution in [0.25, 0.3) is 0 Å². The van der Waals surface area contributed by atoms with E-state index in [-0.39, 0.29) is 11.7 Å². The first-order valence-electron chi connectivity index (χ1n) is 5.86. The maximum atomic E-state index is 13.5. The number of nitrogens with zero attached hydrogens (tertiary/aromatic N) is 2. The molecule has 0 saturated carbocycles. The van der Waals surface area contributed by atoms with Crippen LogP contribution >= 0.6 is 0 Å². The van der Waals surface area contributed by atoms with Gasteiger partial charge in [-0.1, -0.05) is 65.1 Å². The van der Waals surface area contributed by atoms with Crippen LogP contribution < -0.4 is 0 Å². The monoisotopic (exact) mass is 255 g/mol. The van der Waals surface area contributed by atoms with E-state index in [1.54, 1.807) is 36.4 Å². The highest BCUT2D eigenvalue weighted by Gasteiger charge is 2.10. The Morgan fingerprint density at radius 2 is 1.42 bits per heavy atom. The van der Waals surface area contributed by atoms with Crippen LogP contribution in [-0.2, 0) is 0 Å². The van der Waals surface area contributed by atoms with E-state index in [4.69, 9.17) is 5.41 Å². The van der Waals surface area contributed by atoms with E-state index < -0.39 is 0 Å². The van der Waals surface area contributed by atoms with Crippen LogP contribution in [0.3, 0.4) is 0 Å². The predicted octanol–water partition coefficient (Wildman–Crippen LogP) is 3.28. The van der Waals surface area contributed by atoms with Crippen molar-refractivity contribution in [3.8, 4) is 0 Å². The van der Waals surface area contributed by atoms with Crippen molar-refractivity contribution in [2.75, 3.05) is 7.05 Å². The summed E-state index contributed by atoms with van der Waals surface area (Å²) in [6, 6.07) is 18.0. The van der Waals surface area contributed by atoms with Crippen LogP contribution in [0.1, 0.15) is 11.1 Å². The van der Waals surface area contributed by atoms with Gasteiger partial charge in [0.1, 0.15) is 0 Å². The first-order chi connectivity index (χ1) is 9.18. The molecule has 0 aromatic heterocycles. The molecule has 0 saturated heterocycles. The molecule has 1 N–H and O–H groups in total. The molecule has 2 rings (SSSR count). The van der Waals surface area contributed by atoms with Crippen LogP contribution in [-0.4, -0.2) is 23.8 Å². The van der Waals surface area contributed by atoms with Gasteiger partial charge in [0.15, 0.2) is 11.7 Å². The number of halogens is 1. The Morgan fingerprint density at radius 1 is 0.947 bits per heavy atom. The van der Waals surface area contributed by atoms with E-state index in [1.165, 1.54) is 7.05 Å². The van der Waals surface area contributed by atoms with Crippen molar-refractivity contribution in [1.82, 2.24) is 5.12 Å². The van der Waals surface area contributed by atoms with Crippen molar-refractivity contribution in [2.45, 2.75) is 0 Å². The maximum Gasteiger partial charge on any atom is 0.166 e. The van der Waals surface area contributed by atoms with Crippen molar-refractivity contribution in [2.24, 2.45) is 4.99 Å². The summed E-state index contributed by atoms with van der Waals surface area (Å²) in [5.74, 6) is 0.151. The highest BCUT2D eigenvalue weighted by Crippen LogP contribution is 2.08. The number of hydrogen-bond donors (Lipinski definition) is 1. The number of nitrogens with one attached hydrogen (secondary N) is 1. The van der Waals surface area contributed by atoms with Gasteiger partial charge in [0, 0.05) is 18.2 Å². The van der Waals surface area contributed by atoms with Crippen LogP contribution in [0.2, 0.25) is 0 Å². The molecule has 4 heteroatoms. The van der Waals surface area contributed by atoms with Gasteiger partial charge in [0.2, 0.25) is 0 Å². The van der Waals surface area contributed by atoms with Crippen LogP contribution in [0, 0.1) is 5.41 Å². The van der Waals surface area contributed by atoms with Crippen LogP contribution in [0.15, 0.2) is 65.7 Å². The summed E-state index contributed by atoms with van der Waals surface area (Å²) in [6.45, 7) is 0. The molecule has 0 amide bonds. The smallest absolute Gasteiger partial charge is 0.166 e. The van der Waals surface area contributed by atoms with Crippen molar-refractivity contribution < 1.29 is 4.48 Å². The summed E-state index contributed by atoms with van der Waals surface area (Å²) >= 11 is 0. The molecule has 0 bridgehead atoms. The molecule has 0 aliphatic rings. The van der Waals surface area contributed by atoms with E-state index in [1.807, 2.05) is 24.3 Å². The summed E-state index contributed by atoms with van der Waals surface area (Å²) < 4.78 is 13.5. The van der Waals surface area contributed by atoms with Gasteiger partial charge in [0.25, 0.3) is 0 Å². The lowest BCUT2D eigenvalue weighted by molar-refractivity contribution is 0.162. The molecule has 19 heavy (non-hydrogen) atoms. The lowest BCUT2D eigenvalue weighted by Gasteiger charge is -2.11. The molecular formula is C15H14FN3. The minimum absolute atomic E-state index is 0.0314. The first-order valence-corrected chi connectivity index (χ1v) is 5.86. The molecule has 0 heterocycles. The number of rotatable bonds is 2. The zero-order valence-electron chi connectivity index (χ0n) is 10.5. The Balaban J connectivity index is 2.35. The second-order valence-electron chi connectivity index (χ2n) is 3.99. The lowest BCUT2D eigenvalue weighted by Crippen LogP contribution is -2.20. The van der Waals surface area contributed by atoms with Gasteiger partial charge in [-0.05, 0) is 0 Å². The van der Waals surface area contributed by atoms with Crippen molar-refractivity contribution in [3.05, 3.63) is 71.8 Å². The molecule has 2 aromatic carbocycles. The fraction of sp³-hybridized carbons (Fsp3) is 0.0667. The van der Waals surface area contributed by atoms with Crippen molar-refractivity contribution in [3.63, 3.8) is 0 Å². The summed E-state index contributed by atoms with van der Waals surface area (Å²) in [5, 5.41) is 8.35. The van der Waals surface area contributed by atoms with Gasteiger partial charge in [-0.25, -0.2) is 4.99 Å². The Kier molecular flexibility index (Phi) is 4.03. The molecule has 0 unspecified atom stereocenters. The Morgan fingerprint density at radius 3 is 1.89 bits per heavy atom. The van der Waals surface area contributed by atoms with Crippen molar-refractivity contribution >= 4 is 11.7 Å². The summed E-state index contributed by atoms with van der Waals surface area (Å²) in [5.41, 5.74) is 1.28.